The predicted octanol–water partition coefficient (Wildman–Crippen LogP) is 3.14. The van der Waals surface area contributed by atoms with Crippen molar-refractivity contribution in [3.8, 4) is 6.07 Å². The van der Waals surface area contributed by atoms with Gasteiger partial charge < -0.3 is 25.4 Å². The fraction of sp³-hybridized carbons (Fsp3) is 0.458. The Bertz CT molecular complexity index is 989. The maximum atomic E-state index is 12.5. The van der Waals surface area contributed by atoms with Gasteiger partial charge in [0.15, 0.2) is 0 Å². The molecule has 32 heavy (non-hydrogen) atoms. The molecule has 8 heteroatoms. The van der Waals surface area contributed by atoms with E-state index in [9.17, 15) is 10.1 Å². The van der Waals surface area contributed by atoms with Crippen LogP contribution in [0, 0.1) is 22.1 Å². The van der Waals surface area contributed by atoms with E-state index < -0.39 is 0 Å². The van der Waals surface area contributed by atoms with Crippen LogP contribution in [0.5, 0.6) is 0 Å². The van der Waals surface area contributed by atoms with Crippen LogP contribution < -0.4 is 4.90 Å². The highest BCUT2D eigenvalue weighted by atomic mass is 16.5. The van der Waals surface area contributed by atoms with Crippen LogP contribution >= 0.6 is 0 Å². The maximum absolute atomic E-state index is 12.5. The minimum atomic E-state index is -0.00408. The summed E-state index contributed by atoms with van der Waals surface area (Å²) < 4.78 is 5.03. The van der Waals surface area contributed by atoms with Gasteiger partial charge in [0.25, 0.3) is 0 Å². The molecule has 1 saturated carbocycles. The van der Waals surface area contributed by atoms with Crippen molar-refractivity contribution in [3.05, 3.63) is 41.6 Å². The standard InChI is InChI=1S/C24H30N6O2/c1-4-20(27)11-18(13-25)21-12-19(14-26)24(28-23(21)17-5-6-17)29-8-9-30(16(2)15-29)22(31)7-10-32-3/h4,11-13,16-17,25,27H,1,5-10,15H2,2-3H3/b18-11+,25-13?,27-20?. The van der Waals surface area contributed by atoms with Crippen molar-refractivity contribution in [2.75, 3.05) is 38.3 Å². The Labute approximate surface area is 189 Å². The molecule has 1 aliphatic heterocycles. The molecule has 0 bridgehead atoms. The summed E-state index contributed by atoms with van der Waals surface area (Å²) in [7, 11) is 1.59. The SMILES string of the molecule is C=CC(=N)/C=C(\C=N)c1cc(C#N)c(N2CCN(C(=O)CCOC)C(C)C2)nc1C1CC1. The van der Waals surface area contributed by atoms with Crippen molar-refractivity contribution in [1.82, 2.24) is 9.88 Å². The largest absolute Gasteiger partial charge is 0.384 e. The van der Waals surface area contributed by atoms with Gasteiger partial charge in [0, 0.05) is 56.1 Å². The Kier molecular flexibility index (Phi) is 7.54. The molecule has 0 radical (unpaired) electrons. The molecule has 1 amide bonds. The van der Waals surface area contributed by atoms with Crippen molar-refractivity contribution in [2.45, 2.75) is 38.1 Å². The third kappa shape index (κ3) is 5.11. The zero-order valence-electron chi connectivity index (χ0n) is 18.7. The smallest absolute Gasteiger partial charge is 0.225 e. The molecule has 0 aromatic carbocycles. The number of hydrogen-bond donors (Lipinski definition) is 2. The topological polar surface area (TPSA) is 117 Å². The van der Waals surface area contributed by atoms with Crippen LogP contribution in [-0.2, 0) is 9.53 Å². The molecule has 0 spiro atoms. The number of pyridine rings is 1. The van der Waals surface area contributed by atoms with E-state index in [4.69, 9.17) is 20.5 Å². The molecule has 2 N–H and O–H groups in total. The summed E-state index contributed by atoms with van der Waals surface area (Å²) >= 11 is 0. The Balaban J connectivity index is 1.93. The maximum Gasteiger partial charge on any atom is 0.225 e. The van der Waals surface area contributed by atoms with Gasteiger partial charge in [0.05, 0.1) is 30.0 Å². The molecular formula is C24H30N6O2. The van der Waals surface area contributed by atoms with Gasteiger partial charge in [-0.05, 0) is 38.0 Å². The number of rotatable bonds is 9. The Morgan fingerprint density at radius 3 is 2.75 bits per heavy atom. The molecule has 1 aliphatic carbocycles. The number of nitrogens with one attached hydrogen (secondary N) is 2. The van der Waals surface area contributed by atoms with E-state index in [0.717, 1.165) is 24.1 Å². The van der Waals surface area contributed by atoms with Gasteiger partial charge in [0.2, 0.25) is 5.91 Å². The highest BCUT2D eigenvalue weighted by molar-refractivity contribution is 6.18. The second kappa shape index (κ2) is 10.3. The van der Waals surface area contributed by atoms with Crippen molar-refractivity contribution in [1.29, 1.82) is 16.1 Å². The highest BCUT2D eigenvalue weighted by Gasteiger charge is 2.33. The van der Waals surface area contributed by atoms with Crippen molar-refractivity contribution < 1.29 is 9.53 Å². The average molecular weight is 435 g/mol. The zero-order chi connectivity index (χ0) is 23.3. The first-order valence-corrected chi connectivity index (χ1v) is 10.8. The number of methoxy groups -OCH3 is 1. The van der Waals surface area contributed by atoms with Gasteiger partial charge in [0.1, 0.15) is 11.9 Å². The molecule has 3 rings (SSSR count). The number of anilines is 1. The highest BCUT2D eigenvalue weighted by Crippen LogP contribution is 2.43. The number of amides is 1. The van der Waals surface area contributed by atoms with E-state index in [1.54, 1.807) is 19.3 Å². The Morgan fingerprint density at radius 1 is 1.44 bits per heavy atom. The lowest BCUT2D eigenvalue weighted by Gasteiger charge is -2.41. The number of allylic oxidation sites excluding steroid dienone is 3. The lowest BCUT2D eigenvalue weighted by molar-refractivity contribution is -0.134. The molecule has 1 aromatic heterocycles. The first-order chi connectivity index (χ1) is 15.4. The first kappa shape index (κ1) is 23.4. The third-order valence-electron chi connectivity index (χ3n) is 5.88. The monoisotopic (exact) mass is 434 g/mol. The van der Waals surface area contributed by atoms with Gasteiger partial charge in [-0.1, -0.05) is 6.58 Å². The number of aromatic nitrogens is 1. The van der Waals surface area contributed by atoms with Gasteiger partial charge >= 0.3 is 0 Å². The summed E-state index contributed by atoms with van der Waals surface area (Å²) in [5.41, 5.74) is 2.80. The summed E-state index contributed by atoms with van der Waals surface area (Å²) in [5, 5.41) is 25.6. The summed E-state index contributed by atoms with van der Waals surface area (Å²) in [6.07, 6.45) is 6.61. The van der Waals surface area contributed by atoms with E-state index in [1.165, 1.54) is 12.3 Å². The minimum Gasteiger partial charge on any atom is -0.384 e. The number of piperazine rings is 1. The van der Waals surface area contributed by atoms with Crippen LogP contribution in [0.1, 0.15) is 48.9 Å². The van der Waals surface area contributed by atoms with Crippen molar-refractivity contribution in [2.24, 2.45) is 0 Å². The minimum absolute atomic E-state index is 0.00408. The van der Waals surface area contributed by atoms with Crippen LogP contribution in [0.15, 0.2) is 24.8 Å². The number of ether oxygens (including phenoxy) is 1. The van der Waals surface area contributed by atoms with Crippen molar-refractivity contribution >= 4 is 29.2 Å². The summed E-state index contributed by atoms with van der Waals surface area (Å²) in [6, 6.07) is 4.06. The van der Waals surface area contributed by atoms with Crippen LogP contribution in [-0.4, -0.2) is 67.1 Å². The van der Waals surface area contributed by atoms with Crippen molar-refractivity contribution in [3.63, 3.8) is 0 Å². The molecule has 168 valence electrons. The molecule has 2 heterocycles. The Morgan fingerprint density at radius 2 is 2.19 bits per heavy atom. The first-order valence-electron chi connectivity index (χ1n) is 10.8. The fourth-order valence-corrected chi connectivity index (χ4v) is 4.02. The lowest BCUT2D eigenvalue weighted by atomic mass is 9.98. The quantitative estimate of drug-likeness (QED) is 0.579. The molecule has 1 aromatic rings. The van der Waals surface area contributed by atoms with Gasteiger partial charge in [-0.15, -0.1) is 0 Å². The Hall–Kier alpha value is -3.31. The molecule has 1 saturated heterocycles. The summed E-state index contributed by atoms with van der Waals surface area (Å²) in [5.74, 6) is 1.01. The van der Waals surface area contributed by atoms with Crippen LogP contribution in [0.2, 0.25) is 0 Å². The number of nitrogens with zero attached hydrogens (tertiary/aromatic N) is 4. The molecule has 1 atom stereocenters. The molecule has 2 fully saturated rings. The average Bonchev–Trinajstić information content (AvgIpc) is 3.65. The summed E-state index contributed by atoms with van der Waals surface area (Å²) in [6.45, 7) is 7.79. The number of hydrogen-bond acceptors (Lipinski definition) is 7. The van der Waals surface area contributed by atoms with Crippen LogP contribution in [0.25, 0.3) is 5.57 Å². The number of nitriles is 1. The second-order valence-corrected chi connectivity index (χ2v) is 8.21. The van der Waals surface area contributed by atoms with Gasteiger partial charge in [-0.2, -0.15) is 5.26 Å². The van der Waals surface area contributed by atoms with E-state index in [-0.39, 0.29) is 17.7 Å². The van der Waals surface area contributed by atoms with Gasteiger partial charge in [-0.3, -0.25) is 4.79 Å². The predicted molar refractivity (Wildman–Crippen MR) is 125 cm³/mol. The zero-order valence-corrected chi connectivity index (χ0v) is 18.7. The number of carbonyl (C=O) groups excluding carboxylic acids is 1. The van der Waals surface area contributed by atoms with E-state index in [2.05, 4.69) is 17.5 Å². The molecule has 8 nitrogen and oxygen atoms in total. The van der Waals surface area contributed by atoms with Crippen LogP contribution in [0.4, 0.5) is 5.82 Å². The van der Waals surface area contributed by atoms with Crippen LogP contribution in [0.3, 0.4) is 0 Å². The molecule has 2 aliphatic rings. The molecule has 1 unspecified atom stereocenters. The molecular weight excluding hydrogens is 404 g/mol. The van der Waals surface area contributed by atoms with Gasteiger partial charge in [-0.25, -0.2) is 4.98 Å². The second-order valence-electron chi connectivity index (χ2n) is 8.21. The number of carbonyl (C=O) groups is 1. The third-order valence-corrected chi connectivity index (χ3v) is 5.88. The van der Waals surface area contributed by atoms with E-state index in [1.807, 2.05) is 11.8 Å². The fourth-order valence-electron chi connectivity index (χ4n) is 4.02. The summed E-state index contributed by atoms with van der Waals surface area (Å²) in [4.78, 5) is 21.3. The normalized spacial score (nSPS) is 18.8. The lowest BCUT2D eigenvalue weighted by Crippen LogP contribution is -2.54. The van der Waals surface area contributed by atoms with E-state index in [0.29, 0.717) is 55.5 Å². The van der Waals surface area contributed by atoms with E-state index >= 15 is 0 Å².